The van der Waals surface area contributed by atoms with E-state index in [-0.39, 0.29) is 30.8 Å². The molecule has 1 saturated carbocycles. The van der Waals surface area contributed by atoms with Gasteiger partial charge in [0, 0.05) is 18.8 Å². The Labute approximate surface area is 132 Å². The summed E-state index contributed by atoms with van der Waals surface area (Å²) in [6, 6.07) is 0. The molecule has 2 aliphatic heterocycles. The molecule has 0 aromatic heterocycles. The highest BCUT2D eigenvalue weighted by molar-refractivity contribution is 5.01. The van der Waals surface area contributed by atoms with E-state index < -0.39 is 18.0 Å². The number of fused-ring (bicyclic) bond motifs is 1. The summed E-state index contributed by atoms with van der Waals surface area (Å²) in [7, 11) is 0. The molecule has 0 unspecified atom stereocenters. The fourth-order valence-electron chi connectivity index (χ4n) is 4.11. The van der Waals surface area contributed by atoms with Crippen LogP contribution in [0.4, 0.5) is 0 Å². The van der Waals surface area contributed by atoms with E-state index in [1.165, 1.54) is 6.42 Å². The smallest absolute Gasteiger partial charge is 0.169 e. The van der Waals surface area contributed by atoms with E-state index in [2.05, 4.69) is 13.5 Å². The van der Waals surface area contributed by atoms with E-state index in [4.69, 9.17) is 14.2 Å². The molecule has 2 saturated heterocycles. The number of ether oxygens (including phenoxy) is 3. The van der Waals surface area contributed by atoms with Crippen LogP contribution in [0, 0.1) is 5.92 Å². The van der Waals surface area contributed by atoms with Crippen LogP contribution >= 0.6 is 0 Å². The molecule has 1 spiro atoms. The van der Waals surface area contributed by atoms with Gasteiger partial charge in [-0.05, 0) is 19.3 Å². The Bertz CT molecular complexity index is 393. The lowest BCUT2D eigenvalue weighted by Gasteiger charge is -2.42. The topological polar surface area (TPSA) is 68.2 Å². The second-order valence-electron chi connectivity index (χ2n) is 6.91. The summed E-state index contributed by atoms with van der Waals surface area (Å²) in [6.07, 6.45) is 5.82. The third kappa shape index (κ3) is 2.85. The van der Waals surface area contributed by atoms with Crippen LogP contribution in [-0.2, 0) is 14.2 Å². The molecular formula is C17H28O5. The Balaban J connectivity index is 1.82. The lowest BCUT2D eigenvalue weighted by molar-refractivity contribution is -0.210. The fourth-order valence-corrected chi connectivity index (χ4v) is 4.11. The van der Waals surface area contributed by atoms with Gasteiger partial charge in [-0.15, -0.1) is 6.58 Å². The minimum absolute atomic E-state index is 0.0627. The summed E-state index contributed by atoms with van der Waals surface area (Å²) < 4.78 is 18.7. The third-order valence-corrected chi connectivity index (χ3v) is 5.37. The fraction of sp³-hybridized carbons (Fsp3) is 0.882. The summed E-state index contributed by atoms with van der Waals surface area (Å²) in [5.74, 6) is -0.340. The van der Waals surface area contributed by atoms with Crippen molar-refractivity contribution < 1.29 is 24.4 Å². The first-order chi connectivity index (χ1) is 10.6. The minimum atomic E-state index is -0.949. The van der Waals surface area contributed by atoms with Gasteiger partial charge in [0.25, 0.3) is 0 Å². The molecule has 2 heterocycles. The Hall–Kier alpha value is -0.460. The first-order valence-electron chi connectivity index (χ1n) is 8.51. The SMILES string of the molecule is C=CC[C@@H]1O[C@@H]([C@H](O)CO)[C@H]2OC3(CCCCC3)O[C@H]2[C@H]1C. The van der Waals surface area contributed by atoms with Crippen molar-refractivity contribution >= 4 is 0 Å². The van der Waals surface area contributed by atoms with Gasteiger partial charge in [0.2, 0.25) is 0 Å². The molecule has 5 heteroatoms. The van der Waals surface area contributed by atoms with Gasteiger partial charge >= 0.3 is 0 Å². The number of hydrogen-bond acceptors (Lipinski definition) is 5. The number of aliphatic hydroxyl groups excluding tert-OH is 2. The van der Waals surface area contributed by atoms with E-state index >= 15 is 0 Å². The van der Waals surface area contributed by atoms with Crippen LogP contribution in [0.3, 0.4) is 0 Å². The van der Waals surface area contributed by atoms with Crippen LogP contribution in [-0.4, -0.2) is 53.1 Å². The molecule has 3 aliphatic rings. The van der Waals surface area contributed by atoms with Gasteiger partial charge in [0.1, 0.15) is 18.3 Å². The number of hydrogen-bond donors (Lipinski definition) is 2. The van der Waals surface area contributed by atoms with Crippen LogP contribution in [0.2, 0.25) is 0 Å². The van der Waals surface area contributed by atoms with Crippen LogP contribution in [0.5, 0.6) is 0 Å². The number of aliphatic hydroxyl groups is 2. The summed E-state index contributed by atoms with van der Waals surface area (Å²) in [4.78, 5) is 0. The van der Waals surface area contributed by atoms with Crippen molar-refractivity contribution in [3.8, 4) is 0 Å². The maximum Gasteiger partial charge on any atom is 0.169 e. The quantitative estimate of drug-likeness (QED) is 0.774. The van der Waals surface area contributed by atoms with E-state index in [9.17, 15) is 10.2 Å². The normalized spacial score (nSPS) is 42.0. The maximum absolute atomic E-state index is 10.2. The van der Waals surface area contributed by atoms with Crippen LogP contribution in [0.15, 0.2) is 12.7 Å². The van der Waals surface area contributed by atoms with Crippen LogP contribution in [0.25, 0.3) is 0 Å². The Morgan fingerprint density at radius 2 is 1.91 bits per heavy atom. The predicted molar refractivity (Wildman–Crippen MR) is 81.3 cm³/mol. The van der Waals surface area contributed by atoms with Gasteiger partial charge in [-0.25, -0.2) is 0 Å². The summed E-state index contributed by atoms with van der Waals surface area (Å²) >= 11 is 0. The Morgan fingerprint density at radius 3 is 2.55 bits per heavy atom. The highest BCUT2D eigenvalue weighted by Crippen LogP contribution is 2.47. The standard InChI is InChI=1S/C17H28O5/c1-3-7-13-11(2)14-16(15(20-13)12(19)10-18)22-17(21-14)8-5-4-6-9-17/h3,11-16,18-19H,1,4-10H2,2H3/t11-,12+,13-,14-,15-,16-/m0/s1. The zero-order valence-corrected chi connectivity index (χ0v) is 13.3. The van der Waals surface area contributed by atoms with Crippen molar-refractivity contribution in [3.63, 3.8) is 0 Å². The van der Waals surface area contributed by atoms with E-state index in [1.54, 1.807) is 0 Å². The van der Waals surface area contributed by atoms with Gasteiger partial charge < -0.3 is 24.4 Å². The maximum atomic E-state index is 10.2. The summed E-state index contributed by atoms with van der Waals surface area (Å²) in [6.45, 7) is 5.56. The van der Waals surface area contributed by atoms with Crippen LogP contribution < -0.4 is 0 Å². The molecule has 0 bridgehead atoms. The Kier molecular flexibility index (Phi) is 4.90. The van der Waals surface area contributed by atoms with Crippen molar-refractivity contribution in [1.29, 1.82) is 0 Å². The highest BCUT2D eigenvalue weighted by atomic mass is 16.8. The second-order valence-corrected chi connectivity index (χ2v) is 6.91. The second kappa shape index (κ2) is 6.57. The van der Waals surface area contributed by atoms with E-state index in [1.807, 2.05) is 6.08 Å². The van der Waals surface area contributed by atoms with Gasteiger partial charge in [0.05, 0.1) is 18.8 Å². The van der Waals surface area contributed by atoms with E-state index in [0.29, 0.717) is 6.42 Å². The molecule has 0 amide bonds. The molecule has 2 N–H and O–H groups in total. The lowest BCUT2D eigenvalue weighted by atomic mass is 9.85. The first-order valence-corrected chi connectivity index (χ1v) is 8.51. The van der Waals surface area contributed by atoms with Gasteiger partial charge in [-0.1, -0.05) is 19.4 Å². The molecular weight excluding hydrogens is 284 g/mol. The summed E-state index contributed by atoms with van der Waals surface area (Å²) in [5.41, 5.74) is 0. The van der Waals surface area contributed by atoms with Crippen molar-refractivity contribution in [2.24, 2.45) is 5.92 Å². The number of rotatable bonds is 4. The molecule has 3 rings (SSSR count). The van der Waals surface area contributed by atoms with Crippen molar-refractivity contribution in [1.82, 2.24) is 0 Å². The predicted octanol–water partition coefficient (Wildman–Crippen LogP) is 1.76. The molecule has 126 valence electrons. The van der Waals surface area contributed by atoms with Gasteiger partial charge in [0.15, 0.2) is 5.79 Å². The Morgan fingerprint density at radius 1 is 1.23 bits per heavy atom. The molecule has 0 aromatic carbocycles. The van der Waals surface area contributed by atoms with E-state index in [0.717, 1.165) is 25.7 Å². The molecule has 3 fully saturated rings. The molecule has 0 aromatic rings. The minimum Gasteiger partial charge on any atom is -0.394 e. The molecule has 6 atom stereocenters. The van der Waals surface area contributed by atoms with Gasteiger partial charge in [-0.3, -0.25) is 0 Å². The van der Waals surface area contributed by atoms with Crippen molar-refractivity contribution in [2.75, 3.05) is 6.61 Å². The lowest BCUT2D eigenvalue weighted by Crippen LogP contribution is -2.56. The van der Waals surface area contributed by atoms with Crippen molar-refractivity contribution in [2.45, 2.75) is 81.8 Å². The largest absolute Gasteiger partial charge is 0.394 e. The summed E-state index contributed by atoms with van der Waals surface area (Å²) in [5, 5.41) is 19.5. The molecule has 1 aliphatic carbocycles. The zero-order valence-electron chi connectivity index (χ0n) is 13.3. The average Bonchev–Trinajstić information content (AvgIpc) is 2.89. The average molecular weight is 312 g/mol. The highest BCUT2D eigenvalue weighted by Gasteiger charge is 2.57. The molecule has 5 nitrogen and oxygen atoms in total. The molecule has 22 heavy (non-hydrogen) atoms. The first kappa shape index (κ1) is 16.4. The van der Waals surface area contributed by atoms with Gasteiger partial charge in [-0.2, -0.15) is 0 Å². The van der Waals surface area contributed by atoms with Crippen molar-refractivity contribution in [3.05, 3.63) is 12.7 Å². The zero-order chi connectivity index (χ0) is 15.7. The third-order valence-electron chi connectivity index (χ3n) is 5.37. The monoisotopic (exact) mass is 312 g/mol. The molecule has 0 radical (unpaired) electrons. The van der Waals surface area contributed by atoms with Crippen LogP contribution in [0.1, 0.15) is 45.4 Å².